The first-order chi connectivity index (χ1) is 15.9. The summed E-state index contributed by atoms with van der Waals surface area (Å²) in [4.78, 5) is 25.7. The van der Waals surface area contributed by atoms with Gasteiger partial charge in [-0.1, -0.05) is 31.2 Å². The van der Waals surface area contributed by atoms with Crippen LogP contribution in [0.1, 0.15) is 29.3 Å². The van der Waals surface area contributed by atoms with Gasteiger partial charge in [-0.3, -0.25) is 4.79 Å². The van der Waals surface area contributed by atoms with Crippen molar-refractivity contribution in [3.8, 4) is 10.4 Å². The van der Waals surface area contributed by atoms with Gasteiger partial charge in [-0.15, -0.1) is 15.9 Å². The van der Waals surface area contributed by atoms with Gasteiger partial charge in [0, 0.05) is 23.4 Å². The van der Waals surface area contributed by atoms with Gasteiger partial charge < -0.3 is 21.1 Å². The van der Waals surface area contributed by atoms with E-state index < -0.39 is 20.4 Å². The van der Waals surface area contributed by atoms with Gasteiger partial charge in [0.15, 0.2) is 6.66 Å². The van der Waals surface area contributed by atoms with Gasteiger partial charge in [0.05, 0.1) is 11.4 Å². The van der Waals surface area contributed by atoms with E-state index >= 15 is 0 Å². The fourth-order valence-corrected chi connectivity index (χ4v) is 4.16. The lowest BCUT2D eigenvalue weighted by molar-refractivity contribution is -0.0284. The van der Waals surface area contributed by atoms with Gasteiger partial charge in [-0.2, -0.15) is 0 Å². The van der Waals surface area contributed by atoms with Gasteiger partial charge >= 0.3 is 14.1 Å². The normalized spacial score (nSPS) is 12.0. The minimum absolute atomic E-state index is 0.200. The molecule has 1 aromatic heterocycles. The molecule has 172 valence electrons. The van der Waals surface area contributed by atoms with E-state index in [9.17, 15) is 14.2 Å². The second-order valence-electron chi connectivity index (χ2n) is 7.07. The number of hydrogen-bond donors (Lipinski definition) is 3. The molecule has 1 heterocycles. The molecule has 2 atom stereocenters. The number of carbonyl (C=O) groups is 2. The Bertz CT molecular complexity index is 1120. The Morgan fingerprint density at radius 1 is 1.15 bits per heavy atom. The molecule has 8 nitrogen and oxygen atoms in total. The highest BCUT2D eigenvalue weighted by molar-refractivity contribution is 7.38. The van der Waals surface area contributed by atoms with E-state index in [2.05, 4.69) is 10.6 Å². The Labute approximate surface area is 197 Å². The zero-order valence-corrected chi connectivity index (χ0v) is 20.0. The molecule has 0 aliphatic rings. The van der Waals surface area contributed by atoms with Crippen molar-refractivity contribution in [2.75, 3.05) is 17.7 Å². The standard InChI is InChI=1S/C23H24N3O5PS/c1-3-21(31-32(2)29)30-23(28)25-14-15-6-8-16(9-7-15)22(27)26-19-13-17(10-11-18(19)24)20-5-4-12-33-20/h4-13,21H,3,14,24H2,1-2H3,(H-,25,26,27,28)/p+1. The Morgan fingerprint density at radius 3 is 2.55 bits per heavy atom. The van der Waals surface area contributed by atoms with Crippen LogP contribution in [0.2, 0.25) is 0 Å². The average molecular weight is 487 g/mol. The monoisotopic (exact) mass is 486 g/mol. The fraction of sp³-hybridized carbons (Fsp3) is 0.217. The molecule has 0 radical (unpaired) electrons. The molecule has 0 saturated carbocycles. The lowest BCUT2D eigenvalue weighted by Crippen LogP contribution is -2.28. The highest BCUT2D eigenvalue weighted by Crippen LogP contribution is 2.30. The minimum atomic E-state index is -1.87. The SMILES string of the molecule is CCC(OC(=O)NCc1ccc(C(=O)Nc2cc(-c3cccs3)ccc2N)cc1)O[P+](C)=O. The molecule has 2 aromatic carbocycles. The van der Waals surface area contributed by atoms with Crippen molar-refractivity contribution >= 4 is 42.7 Å². The summed E-state index contributed by atoms with van der Waals surface area (Å²) in [5.74, 6) is -0.291. The lowest BCUT2D eigenvalue weighted by atomic mass is 10.1. The van der Waals surface area contributed by atoms with Crippen LogP contribution in [0.15, 0.2) is 60.0 Å². The van der Waals surface area contributed by atoms with Gasteiger partial charge in [-0.25, -0.2) is 4.79 Å². The molecule has 4 N–H and O–H groups in total. The zero-order chi connectivity index (χ0) is 23.8. The molecule has 0 bridgehead atoms. The number of rotatable bonds is 9. The number of anilines is 2. The topological polar surface area (TPSA) is 120 Å². The van der Waals surface area contributed by atoms with Gasteiger partial charge in [-0.05, 0) is 51.4 Å². The Kier molecular flexibility index (Phi) is 8.54. The molecule has 0 aliphatic carbocycles. The van der Waals surface area contributed by atoms with Crippen molar-refractivity contribution in [2.24, 2.45) is 0 Å². The molecule has 10 heteroatoms. The third kappa shape index (κ3) is 7.12. The van der Waals surface area contributed by atoms with Crippen molar-refractivity contribution in [2.45, 2.75) is 26.2 Å². The van der Waals surface area contributed by atoms with E-state index in [1.54, 1.807) is 48.6 Å². The average Bonchev–Trinajstić information content (AvgIpc) is 3.33. The molecule has 33 heavy (non-hydrogen) atoms. The molecular formula is C23H25N3O5PS+. The maximum atomic E-state index is 12.7. The third-order valence-electron chi connectivity index (χ3n) is 4.60. The first-order valence-electron chi connectivity index (χ1n) is 10.2. The van der Waals surface area contributed by atoms with Crippen LogP contribution in [-0.2, 0) is 20.4 Å². The second-order valence-corrected chi connectivity index (χ2v) is 9.11. The van der Waals surface area contributed by atoms with Crippen LogP contribution in [-0.4, -0.2) is 25.0 Å². The Hall–Kier alpha value is -3.26. The number of carbonyl (C=O) groups excluding carboxylic acids is 2. The Morgan fingerprint density at radius 2 is 1.91 bits per heavy atom. The maximum Gasteiger partial charge on any atom is 0.508 e. The van der Waals surface area contributed by atoms with Gasteiger partial charge in [0.2, 0.25) is 0 Å². The van der Waals surface area contributed by atoms with E-state index in [-0.39, 0.29) is 12.5 Å². The Balaban J connectivity index is 1.57. The summed E-state index contributed by atoms with van der Waals surface area (Å²) < 4.78 is 21.2. The van der Waals surface area contributed by atoms with Crippen LogP contribution in [0.25, 0.3) is 10.4 Å². The number of nitrogens with two attached hydrogens (primary N) is 1. The lowest BCUT2D eigenvalue weighted by Gasteiger charge is -2.12. The van der Waals surface area contributed by atoms with Crippen molar-refractivity contribution in [1.29, 1.82) is 0 Å². The van der Waals surface area contributed by atoms with Crippen molar-refractivity contribution in [3.05, 3.63) is 71.1 Å². The zero-order valence-electron chi connectivity index (χ0n) is 18.2. The van der Waals surface area contributed by atoms with Crippen molar-refractivity contribution in [3.63, 3.8) is 0 Å². The van der Waals surface area contributed by atoms with E-state index in [0.29, 0.717) is 23.4 Å². The molecule has 2 amide bonds. The largest absolute Gasteiger partial charge is 0.508 e. The highest BCUT2D eigenvalue weighted by Gasteiger charge is 2.21. The predicted octanol–water partition coefficient (Wildman–Crippen LogP) is 5.60. The van der Waals surface area contributed by atoms with Gasteiger partial charge in [0.25, 0.3) is 12.2 Å². The smallest absolute Gasteiger partial charge is 0.415 e. The summed E-state index contributed by atoms with van der Waals surface area (Å²) in [5, 5.41) is 7.45. The van der Waals surface area contributed by atoms with Crippen LogP contribution in [0.5, 0.6) is 0 Å². The highest BCUT2D eigenvalue weighted by atomic mass is 32.1. The van der Waals surface area contributed by atoms with E-state index in [0.717, 1.165) is 16.0 Å². The maximum absolute atomic E-state index is 12.7. The quantitative estimate of drug-likeness (QED) is 0.206. The third-order valence-corrected chi connectivity index (χ3v) is 6.05. The first-order valence-corrected chi connectivity index (χ1v) is 12.7. The summed E-state index contributed by atoms with van der Waals surface area (Å²) in [7, 11) is -1.87. The van der Waals surface area contributed by atoms with Gasteiger partial charge in [0.1, 0.15) is 0 Å². The van der Waals surface area contributed by atoms with Crippen molar-refractivity contribution < 1.29 is 23.4 Å². The van der Waals surface area contributed by atoms with E-state index in [1.807, 2.05) is 29.6 Å². The number of benzene rings is 2. The molecule has 0 saturated heterocycles. The first kappa shape index (κ1) is 24.4. The van der Waals surface area contributed by atoms with Crippen LogP contribution in [0, 0.1) is 0 Å². The molecule has 3 rings (SSSR count). The second kappa shape index (κ2) is 11.6. The molecule has 0 fully saturated rings. The summed E-state index contributed by atoms with van der Waals surface area (Å²) in [6.07, 6.45) is -1.16. The number of nitrogen functional groups attached to an aromatic ring is 1. The molecular weight excluding hydrogens is 461 g/mol. The summed E-state index contributed by atoms with van der Waals surface area (Å²) >= 11 is 1.61. The van der Waals surface area contributed by atoms with Crippen LogP contribution >= 0.6 is 19.4 Å². The number of nitrogens with one attached hydrogen (secondary N) is 2. The number of amides is 2. The summed E-state index contributed by atoms with van der Waals surface area (Å²) in [6, 6.07) is 16.3. The summed E-state index contributed by atoms with van der Waals surface area (Å²) in [6.45, 7) is 3.35. The van der Waals surface area contributed by atoms with Crippen LogP contribution < -0.4 is 16.4 Å². The number of ether oxygens (including phenoxy) is 1. The molecule has 2 unspecified atom stereocenters. The van der Waals surface area contributed by atoms with E-state index in [1.165, 1.54) is 6.66 Å². The number of hydrogen-bond acceptors (Lipinski definition) is 7. The van der Waals surface area contributed by atoms with E-state index in [4.69, 9.17) is 15.0 Å². The van der Waals surface area contributed by atoms with Crippen LogP contribution in [0.3, 0.4) is 0 Å². The molecule has 0 spiro atoms. The summed E-state index contributed by atoms with van der Waals surface area (Å²) in [5.41, 5.74) is 9.27. The molecule has 3 aromatic rings. The van der Waals surface area contributed by atoms with Crippen LogP contribution in [0.4, 0.5) is 16.2 Å². The molecule has 0 aliphatic heterocycles. The number of thiophene rings is 1. The fourth-order valence-electron chi connectivity index (χ4n) is 2.91. The predicted molar refractivity (Wildman–Crippen MR) is 131 cm³/mol. The number of alkyl carbamates (subject to hydrolysis) is 1. The minimum Gasteiger partial charge on any atom is -0.415 e. The van der Waals surface area contributed by atoms with Crippen molar-refractivity contribution in [1.82, 2.24) is 5.32 Å².